The van der Waals surface area contributed by atoms with Gasteiger partial charge in [-0.1, -0.05) is 0 Å². The molecule has 0 aromatic heterocycles. The first kappa shape index (κ1) is 10.8. The highest BCUT2D eigenvalue weighted by Crippen LogP contribution is 2.19. The highest BCUT2D eigenvalue weighted by molar-refractivity contribution is 14.1. The number of hydrogen-bond acceptors (Lipinski definition) is 3. The zero-order valence-electron chi connectivity index (χ0n) is 7.18. The minimum absolute atomic E-state index is 0.0882. The zero-order valence-corrected chi connectivity index (χ0v) is 9.34. The smallest absolute Gasteiger partial charge is 0.211 e. The number of halogens is 1. The van der Waals surface area contributed by atoms with Gasteiger partial charge in [0.05, 0.1) is 9.78 Å². The molecule has 74 valence electrons. The van der Waals surface area contributed by atoms with Crippen LogP contribution in [0.5, 0.6) is 5.75 Å². The summed E-state index contributed by atoms with van der Waals surface area (Å²) in [4.78, 5) is 0. The molecule has 5 N–H and O–H groups in total. The topological polar surface area (TPSA) is 97.0 Å². The molecule has 0 spiro atoms. The second-order valence-corrected chi connectivity index (χ2v) is 3.64. The van der Waals surface area contributed by atoms with Gasteiger partial charge in [-0.3, -0.25) is 0 Å². The Bertz CT molecular complexity index is 385. The number of benzene rings is 1. The maximum atomic E-state index is 9.24. The van der Waals surface area contributed by atoms with Gasteiger partial charge < -0.3 is 16.6 Å². The fourth-order valence-electron chi connectivity index (χ4n) is 0.766. The second kappa shape index (κ2) is 4.80. The number of nitrogens with zero attached hydrogens (tertiary/aromatic N) is 2. The lowest BCUT2D eigenvalue weighted by molar-refractivity contribution is 0.471. The molecule has 0 aliphatic heterocycles. The summed E-state index contributed by atoms with van der Waals surface area (Å²) in [6.07, 6.45) is 1.50. The van der Waals surface area contributed by atoms with Gasteiger partial charge >= 0.3 is 0 Å². The van der Waals surface area contributed by atoms with Crippen LogP contribution in [0.2, 0.25) is 0 Å². The van der Waals surface area contributed by atoms with Crippen LogP contribution in [0.1, 0.15) is 5.56 Å². The van der Waals surface area contributed by atoms with Gasteiger partial charge in [0.2, 0.25) is 5.96 Å². The Hall–Kier alpha value is -1.31. The van der Waals surface area contributed by atoms with Gasteiger partial charge in [0.1, 0.15) is 5.75 Å². The minimum atomic E-state index is -0.0882. The summed E-state index contributed by atoms with van der Waals surface area (Å²) in [6, 6.07) is 5.06. The van der Waals surface area contributed by atoms with E-state index < -0.39 is 0 Å². The van der Waals surface area contributed by atoms with Crippen molar-refractivity contribution in [3.63, 3.8) is 0 Å². The predicted octanol–water partition coefficient (Wildman–Crippen LogP) is 0.604. The van der Waals surface area contributed by atoms with E-state index in [1.807, 2.05) is 22.6 Å². The lowest BCUT2D eigenvalue weighted by Gasteiger charge is -1.96. The SMILES string of the molecule is NC(N)=N/N=C/c1ccc(O)c(I)c1. The molecule has 0 atom stereocenters. The third-order valence-electron chi connectivity index (χ3n) is 1.35. The summed E-state index contributed by atoms with van der Waals surface area (Å²) in [6.45, 7) is 0. The second-order valence-electron chi connectivity index (χ2n) is 2.48. The molecule has 0 saturated carbocycles. The summed E-state index contributed by atoms with van der Waals surface area (Å²) in [5.41, 5.74) is 11.0. The molecule has 1 aromatic carbocycles. The van der Waals surface area contributed by atoms with Crippen LogP contribution in [-0.2, 0) is 0 Å². The summed E-state index contributed by atoms with van der Waals surface area (Å²) in [7, 11) is 0. The number of phenolic OH excluding ortho intramolecular Hbond substituents is 1. The molecule has 14 heavy (non-hydrogen) atoms. The van der Waals surface area contributed by atoms with E-state index in [0.29, 0.717) is 0 Å². The molecule has 0 amide bonds. The maximum absolute atomic E-state index is 9.24. The van der Waals surface area contributed by atoms with Crippen LogP contribution >= 0.6 is 22.6 Å². The van der Waals surface area contributed by atoms with Crippen molar-refractivity contribution in [1.29, 1.82) is 0 Å². The Morgan fingerprint density at radius 2 is 2.14 bits per heavy atom. The third-order valence-corrected chi connectivity index (χ3v) is 2.22. The van der Waals surface area contributed by atoms with E-state index in [1.165, 1.54) is 6.21 Å². The largest absolute Gasteiger partial charge is 0.507 e. The molecule has 0 fully saturated rings. The molecule has 0 heterocycles. The highest BCUT2D eigenvalue weighted by Gasteiger charge is 1.96. The van der Waals surface area contributed by atoms with Gasteiger partial charge in [-0.25, -0.2) is 0 Å². The zero-order chi connectivity index (χ0) is 10.6. The first-order valence-corrected chi connectivity index (χ1v) is 4.78. The van der Waals surface area contributed by atoms with Gasteiger partial charge in [-0.2, -0.15) is 5.10 Å². The maximum Gasteiger partial charge on any atom is 0.211 e. The number of hydrogen-bond donors (Lipinski definition) is 3. The first-order chi connectivity index (χ1) is 6.59. The van der Waals surface area contributed by atoms with Crippen LogP contribution in [-0.4, -0.2) is 17.3 Å². The molecule has 0 bridgehead atoms. The summed E-state index contributed by atoms with van der Waals surface area (Å²) >= 11 is 2.02. The molecule has 6 heteroatoms. The fourth-order valence-corrected chi connectivity index (χ4v) is 1.31. The van der Waals surface area contributed by atoms with Gasteiger partial charge in [0.15, 0.2) is 0 Å². The van der Waals surface area contributed by atoms with E-state index in [4.69, 9.17) is 11.5 Å². The molecular weight excluding hydrogens is 295 g/mol. The van der Waals surface area contributed by atoms with Crippen LogP contribution in [0.25, 0.3) is 0 Å². The van der Waals surface area contributed by atoms with E-state index in [-0.39, 0.29) is 11.7 Å². The van der Waals surface area contributed by atoms with E-state index in [0.717, 1.165) is 9.13 Å². The Morgan fingerprint density at radius 1 is 1.43 bits per heavy atom. The molecule has 1 rings (SSSR count). The monoisotopic (exact) mass is 304 g/mol. The molecule has 0 radical (unpaired) electrons. The van der Waals surface area contributed by atoms with Crippen molar-refractivity contribution >= 4 is 34.8 Å². The summed E-state index contributed by atoms with van der Waals surface area (Å²) in [5.74, 6) is 0.152. The molecule has 0 aliphatic carbocycles. The summed E-state index contributed by atoms with van der Waals surface area (Å²) < 4.78 is 0.747. The van der Waals surface area contributed by atoms with Crippen molar-refractivity contribution in [2.24, 2.45) is 21.7 Å². The number of nitrogens with two attached hydrogens (primary N) is 2. The number of guanidine groups is 1. The lowest BCUT2D eigenvalue weighted by Crippen LogP contribution is -2.21. The minimum Gasteiger partial charge on any atom is -0.507 e. The summed E-state index contributed by atoms with van der Waals surface area (Å²) in [5, 5.41) is 16.3. The molecule has 5 nitrogen and oxygen atoms in total. The fraction of sp³-hybridized carbons (Fsp3) is 0. The van der Waals surface area contributed by atoms with E-state index >= 15 is 0 Å². The van der Waals surface area contributed by atoms with Crippen LogP contribution < -0.4 is 11.5 Å². The normalized spacial score (nSPS) is 10.4. The number of aromatic hydroxyl groups is 1. The predicted molar refractivity (Wildman–Crippen MR) is 64.2 cm³/mol. The van der Waals surface area contributed by atoms with Gasteiger partial charge in [0.25, 0.3) is 0 Å². The van der Waals surface area contributed by atoms with E-state index in [2.05, 4.69) is 10.2 Å². The van der Waals surface area contributed by atoms with Crippen molar-refractivity contribution in [3.05, 3.63) is 27.3 Å². The molecule has 0 unspecified atom stereocenters. The van der Waals surface area contributed by atoms with E-state index in [1.54, 1.807) is 18.2 Å². The van der Waals surface area contributed by atoms with Crippen molar-refractivity contribution in [2.75, 3.05) is 0 Å². The average Bonchev–Trinajstić information content (AvgIpc) is 2.10. The Labute approximate surface area is 94.7 Å². The van der Waals surface area contributed by atoms with Gasteiger partial charge in [-0.05, 0) is 46.4 Å². The van der Waals surface area contributed by atoms with Crippen molar-refractivity contribution < 1.29 is 5.11 Å². The van der Waals surface area contributed by atoms with Crippen LogP contribution in [0, 0.1) is 3.57 Å². The van der Waals surface area contributed by atoms with E-state index in [9.17, 15) is 5.11 Å². The third kappa shape index (κ3) is 3.21. The highest BCUT2D eigenvalue weighted by atomic mass is 127. The molecule has 0 aliphatic rings. The lowest BCUT2D eigenvalue weighted by atomic mass is 10.2. The van der Waals surface area contributed by atoms with Crippen molar-refractivity contribution in [1.82, 2.24) is 0 Å². The number of phenols is 1. The van der Waals surface area contributed by atoms with Gasteiger partial charge in [0, 0.05) is 0 Å². The quantitative estimate of drug-likeness (QED) is 0.323. The standard InChI is InChI=1S/C8H9IN4O/c9-6-3-5(1-2-7(6)14)4-12-13-8(10)11/h1-4,14H,(H4,10,11,13)/b12-4+. The van der Waals surface area contributed by atoms with Crippen molar-refractivity contribution in [3.8, 4) is 5.75 Å². The molecule has 1 aromatic rings. The molecule has 0 saturated heterocycles. The first-order valence-electron chi connectivity index (χ1n) is 3.70. The van der Waals surface area contributed by atoms with Crippen molar-refractivity contribution in [2.45, 2.75) is 0 Å². The van der Waals surface area contributed by atoms with Crippen LogP contribution in [0.3, 0.4) is 0 Å². The number of rotatable bonds is 2. The Morgan fingerprint density at radius 3 is 2.71 bits per heavy atom. The molecular formula is C8H9IN4O. The van der Waals surface area contributed by atoms with Crippen LogP contribution in [0.4, 0.5) is 0 Å². The Balaban J connectivity index is 2.83. The van der Waals surface area contributed by atoms with Crippen LogP contribution in [0.15, 0.2) is 28.4 Å². The van der Waals surface area contributed by atoms with Gasteiger partial charge in [-0.15, -0.1) is 5.10 Å². The Kier molecular flexibility index (Phi) is 3.69. The average molecular weight is 304 g/mol.